The van der Waals surface area contributed by atoms with Crippen LogP contribution in [0.1, 0.15) is 23.2 Å². The zero-order valence-corrected chi connectivity index (χ0v) is 12.2. The van der Waals surface area contributed by atoms with E-state index in [0.717, 1.165) is 25.9 Å². The first-order valence-corrected chi connectivity index (χ1v) is 7.06. The first kappa shape index (κ1) is 15.3. The average Bonchev–Trinajstić information content (AvgIpc) is 2.53. The molecule has 6 heteroatoms. The molecule has 6 nitrogen and oxygen atoms in total. The van der Waals surface area contributed by atoms with E-state index in [1.807, 2.05) is 0 Å². The molecule has 0 spiro atoms. The van der Waals surface area contributed by atoms with Crippen LogP contribution in [0.25, 0.3) is 0 Å². The number of hydrogen-bond acceptors (Lipinski definition) is 4. The Morgan fingerprint density at radius 2 is 1.90 bits per heavy atom. The van der Waals surface area contributed by atoms with Crippen molar-refractivity contribution in [2.75, 3.05) is 26.7 Å². The van der Waals surface area contributed by atoms with Gasteiger partial charge in [-0.05, 0) is 50.2 Å². The molecular formula is C15H21N3O3. The van der Waals surface area contributed by atoms with Crippen LogP contribution in [-0.2, 0) is 4.79 Å². The summed E-state index contributed by atoms with van der Waals surface area (Å²) < 4.78 is 5.08. The second-order valence-corrected chi connectivity index (χ2v) is 5.11. The topological polar surface area (TPSA) is 84.7 Å². The lowest BCUT2D eigenvalue weighted by Gasteiger charge is -2.34. The third-order valence-corrected chi connectivity index (χ3v) is 3.67. The van der Waals surface area contributed by atoms with Crippen molar-refractivity contribution in [3.8, 4) is 5.75 Å². The molecule has 1 aromatic rings. The predicted molar refractivity (Wildman–Crippen MR) is 79.1 cm³/mol. The number of nitrogens with two attached hydrogens (primary N) is 1. The maximum atomic E-state index is 12.6. The van der Waals surface area contributed by atoms with E-state index in [2.05, 4.69) is 5.32 Å². The molecular weight excluding hydrogens is 270 g/mol. The molecule has 1 aromatic carbocycles. The van der Waals surface area contributed by atoms with Crippen LogP contribution in [0.2, 0.25) is 0 Å². The van der Waals surface area contributed by atoms with Crippen molar-refractivity contribution in [3.63, 3.8) is 0 Å². The molecule has 2 amide bonds. The number of hydrogen-bond donors (Lipinski definition) is 2. The lowest BCUT2D eigenvalue weighted by atomic mass is 10.0. The van der Waals surface area contributed by atoms with Crippen LogP contribution >= 0.6 is 0 Å². The number of carbonyl (C=O) groups excluding carboxylic acids is 2. The molecule has 2 rings (SSSR count). The number of carbonyl (C=O) groups is 2. The fraction of sp³-hybridized carbons (Fsp3) is 0.467. The van der Waals surface area contributed by atoms with Crippen LogP contribution < -0.4 is 15.8 Å². The van der Waals surface area contributed by atoms with Crippen LogP contribution in [0, 0.1) is 0 Å². The van der Waals surface area contributed by atoms with Crippen LogP contribution in [0.5, 0.6) is 5.75 Å². The molecule has 0 bridgehead atoms. The Bertz CT molecular complexity index is 495. The Hall–Kier alpha value is -2.08. The number of amides is 2. The van der Waals surface area contributed by atoms with E-state index >= 15 is 0 Å². The van der Waals surface area contributed by atoms with E-state index in [1.165, 1.54) is 0 Å². The molecule has 21 heavy (non-hydrogen) atoms. The summed E-state index contributed by atoms with van der Waals surface area (Å²) in [7, 11) is 1.57. The molecule has 0 aliphatic carbocycles. The molecule has 3 N–H and O–H groups in total. The summed E-state index contributed by atoms with van der Waals surface area (Å²) in [6.45, 7) is 1.64. The van der Waals surface area contributed by atoms with Gasteiger partial charge in [-0.1, -0.05) is 0 Å². The molecule has 1 saturated heterocycles. The van der Waals surface area contributed by atoms with Crippen molar-refractivity contribution in [3.05, 3.63) is 29.8 Å². The van der Waals surface area contributed by atoms with E-state index < -0.39 is 5.91 Å². The number of methoxy groups -OCH3 is 1. The summed E-state index contributed by atoms with van der Waals surface area (Å²) in [5.41, 5.74) is 5.83. The van der Waals surface area contributed by atoms with Gasteiger partial charge in [-0.15, -0.1) is 0 Å². The summed E-state index contributed by atoms with van der Waals surface area (Å²) in [4.78, 5) is 25.5. The van der Waals surface area contributed by atoms with Gasteiger partial charge in [0, 0.05) is 11.6 Å². The predicted octanol–water partition coefficient (Wildman–Crippen LogP) is 0.375. The van der Waals surface area contributed by atoms with Gasteiger partial charge in [0.15, 0.2) is 0 Å². The maximum Gasteiger partial charge on any atom is 0.254 e. The summed E-state index contributed by atoms with van der Waals surface area (Å²) >= 11 is 0. The molecule has 0 unspecified atom stereocenters. The van der Waals surface area contributed by atoms with Crippen molar-refractivity contribution >= 4 is 11.8 Å². The second-order valence-electron chi connectivity index (χ2n) is 5.11. The number of benzene rings is 1. The summed E-state index contributed by atoms with van der Waals surface area (Å²) in [6, 6.07) is 6.93. The van der Waals surface area contributed by atoms with Crippen molar-refractivity contribution in [2.24, 2.45) is 5.73 Å². The highest BCUT2D eigenvalue weighted by atomic mass is 16.5. The minimum atomic E-state index is -0.490. The Morgan fingerprint density at radius 3 is 2.43 bits per heavy atom. The summed E-state index contributed by atoms with van der Waals surface area (Å²) in [5.74, 6) is 0.0358. The van der Waals surface area contributed by atoms with Crippen molar-refractivity contribution in [1.29, 1.82) is 0 Å². The summed E-state index contributed by atoms with van der Waals surface area (Å²) in [5, 5.41) is 3.25. The van der Waals surface area contributed by atoms with Gasteiger partial charge >= 0.3 is 0 Å². The monoisotopic (exact) mass is 291 g/mol. The van der Waals surface area contributed by atoms with E-state index in [4.69, 9.17) is 10.5 Å². The first-order valence-electron chi connectivity index (χ1n) is 7.06. The Labute approximate surface area is 124 Å². The highest BCUT2D eigenvalue weighted by Crippen LogP contribution is 2.17. The lowest BCUT2D eigenvalue weighted by molar-refractivity contribution is -0.119. The molecule has 1 heterocycles. The molecule has 0 atom stereocenters. The Balaban J connectivity index is 2.17. The van der Waals surface area contributed by atoms with Gasteiger partial charge in [0.25, 0.3) is 5.91 Å². The van der Waals surface area contributed by atoms with E-state index in [0.29, 0.717) is 11.3 Å². The maximum absolute atomic E-state index is 12.6. The van der Waals surface area contributed by atoms with Crippen LogP contribution in [0.15, 0.2) is 24.3 Å². The second kappa shape index (κ2) is 7.08. The quantitative estimate of drug-likeness (QED) is 0.821. The van der Waals surface area contributed by atoms with Gasteiger partial charge in [0.2, 0.25) is 5.91 Å². The molecule has 0 aromatic heterocycles. The third-order valence-electron chi connectivity index (χ3n) is 3.67. The highest BCUT2D eigenvalue weighted by Gasteiger charge is 2.27. The molecule has 1 aliphatic heterocycles. The van der Waals surface area contributed by atoms with Gasteiger partial charge in [-0.25, -0.2) is 0 Å². The van der Waals surface area contributed by atoms with E-state index in [-0.39, 0.29) is 18.5 Å². The van der Waals surface area contributed by atoms with Crippen LogP contribution in [-0.4, -0.2) is 49.5 Å². The summed E-state index contributed by atoms with van der Waals surface area (Å²) in [6.07, 6.45) is 1.66. The smallest absolute Gasteiger partial charge is 0.254 e. The van der Waals surface area contributed by atoms with E-state index in [1.54, 1.807) is 36.3 Å². The molecule has 114 valence electrons. The van der Waals surface area contributed by atoms with Gasteiger partial charge in [0.1, 0.15) is 5.75 Å². The van der Waals surface area contributed by atoms with Crippen molar-refractivity contribution in [2.45, 2.75) is 18.9 Å². The molecule has 0 radical (unpaired) electrons. The Kier molecular flexibility index (Phi) is 5.16. The van der Waals surface area contributed by atoms with Crippen molar-refractivity contribution < 1.29 is 14.3 Å². The number of rotatable bonds is 5. The molecule has 0 saturated carbocycles. The number of nitrogens with one attached hydrogen (secondary N) is 1. The minimum absolute atomic E-state index is 0.0461. The average molecular weight is 291 g/mol. The SMILES string of the molecule is COc1ccc(C(=O)N(CC(N)=O)C2CCNCC2)cc1. The van der Waals surface area contributed by atoms with Crippen LogP contribution in [0.4, 0.5) is 0 Å². The van der Waals surface area contributed by atoms with E-state index in [9.17, 15) is 9.59 Å². The number of piperidine rings is 1. The number of primary amides is 1. The zero-order chi connectivity index (χ0) is 15.2. The molecule has 1 aliphatic rings. The fourth-order valence-electron chi connectivity index (χ4n) is 2.55. The fourth-order valence-corrected chi connectivity index (χ4v) is 2.55. The number of ether oxygens (including phenoxy) is 1. The molecule has 1 fully saturated rings. The largest absolute Gasteiger partial charge is 0.497 e. The Morgan fingerprint density at radius 1 is 1.29 bits per heavy atom. The highest BCUT2D eigenvalue weighted by molar-refractivity contribution is 5.96. The van der Waals surface area contributed by atoms with Gasteiger partial charge in [-0.2, -0.15) is 0 Å². The normalized spacial score (nSPS) is 15.5. The van der Waals surface area contributed by atoms with Crippen LogP contribution in [0.3, 0.4) is 0 Å². The van der Waals surface area contributed by atoms with Gasteiger partial charge in [0.05, 0.1) is 13.7 Å². The van der Waals surface area contributed by atoms with Crippen molar-refractivity contribution in [1.82, 2.24) is 10.2 Å². The number of nitrogens with zero attached hydrogens (tertiary/aromatic N) is 1. The third kappa shape index (κ3) is 3.95. The first-order chi connectivity index (χ1) is 10.1. The lowest BCUT2D eigenvalue weighted by Crippen LogP contribution is -2.49. The van der Waals surface area contributed by atoms with Gasteiger partial charge < -0.3 is 20.7 Å². The minimum Gasteiger partial charge on any atom is -0.497 e. The zero-order valence-electron chi connectivity index (χ0n) is 12.2. The standard InChI is InChI=1S/C15H21N3O3/c1-21-13-4-2-11(3-5-13)15(20)18(10-14(16)19)12-6-8-17-9-7-12/h2-5,12,17H,6-10H2,1H3,(H2,16,19). The van der Waals surface area contributed by atoms with Gasteiger partial charge in [-0.3, -0.25) is 9.59 Å².